The molecule has 7 nitrogen and oxygen atoms in total. The second-order valence-electron chi connectivity index (χ2n) is 6.01. The topological polar surface area (TPSA) is 78.9 Å². The maximum atomic E-state index is 4.59. The average Bonchev–Trinajstić information content (AvgIpc) is 2.73. The Kier molecular flexibility index (Phi) is 6.51. The number of hydrogen-bond acceptors (Lipinski definition) is 7. The summed E-state index contributed by atoms with van der Waals surface area (Å²) >= 11 is 0. The number of hydrogen-bond donors (Lipinski definition) is 2. The lowest BCUT2D eigenvalue weighted by atomic mass is 10.2. The van der Waals surface area contributed by atoms with Gasteiger partial charge in [0.25, 0.3) is 0 Å². The van der Waals surface area contributed by atoms with Gasteiger partial charge in [0.2, 0.25) is 17.8 Å². The van der Waals surface area contributed by atoms with Crippen LogP contribution in [0.15, 0.2) is 54.9 Å². The molecule has 0 amide bonds. The van der Waals surface area contributed by atoms with Crippen molar-refractivity contribution in [2.75, 3.05) is 28.6 Å². The molecule has 0 saturated carbocycles. The van der Waals surface area contributed by atoms with Crippen LogP contribution < -0.4 is 15.5 Å². The molecule has 3 rings (SSSR count). The molecule has 0 fully saturated rings. The van der Waals surface area contributed by atoms with Crippen LogP contribution in [0.2, 0.25) is 0 Å². The fourth-order valence-electron chi connectivity index (χ4n) is 2.63. The SMILES string of the molecule is CCN(CC)c1nc(NCc2ccccc2)nc(NCc2cccnc2)n1. The number of anilines is 3. The van der Waals surface area contributed by atoms with Gasteiger partial charge in [-0.25, -0.2) is 0 Å². The van der Waals surface area contributed by atoms with Gasteiger partial charge in [-0.05, 0) is 31.0 Å². The maximum absolute atomic E-state index is 4.59. The summed E-state index contributed by atoms with van der Waals surface area (Å²) in [6.45, 7) is 7.11. The van der Waals surface area contributed by atoms with E-state index >= 15 is 0 Å². The van der Waals surface area contributed by atoms with Crippen molar-refractivity contribution in [2.45, 2.75) is 26.9 Å². The summed E-state index contributed by atoms with van der Waals surface area (Å²) in [4.78, 5) is 19.9. The summed E-state index contributed by atoms with van der Waals surface area (Å²) < 4.78 is 0. The van der Waals surface area contributed by atoms with Crippen LogP contribution >= 0.6 is 0 Å². The van der Waals surface area contributed by atoms with Crippen LogP contribution in [0.1, 0.15) is 25.0 Å². The molecule has 140 valence electrons. The highest BCUT2D eigenvalue weighted by atomic mass is 15.3. The van der Waals surface area contributed by atoms with Crippen molar-refractivity contribution in [2.24, 2.45) is 0 Å². The average molecular weight is 363 g/mol. The van der Waals surface area contributed by atoms with E-state index in [0.717, 1.165) is 18.7 Å². The number of benzene rings is 1. The van der Waals surface area contributed by atoms with Gasteiger partial charge in [0.1, 0.15) is 0 Å². The maximum Gasteiger partial charge on any atom is 0.231 e. The summed E-state index contributed by atoms with van der Waals surface area (Å²) in [7, 11) is 0. The summed E-state index contributed by atoms with van der Waals surface area (Å²) in [5, 5.41) is 6.58. The van der Waals surface area contributed by atoms with Gasteiger partial charge in [-0.1, -0.05) is 36.4 Å². The molecule has 27 heavy (non-hydrogen) atoms. The Labute approximate surface area is 159 Å². The number of aromatic nitrogens is 4. The van der Waals surface area contributed by atoms with Crippen LogP contribution in [0.25, 0.3) is 0 Å². The minimum Gasteiger partial charge on any atom is -0.350 e. The van der Waals surface area contributed by atoms with Gasteiger partial charge in [-0.3, -0.25) is 4.98 Å². The van der Waals surface area contributed by atoms with E-state index in [1.54, 1.807) is 6.20 Å². The third-order valence-electron chi connectivity index (χ3n) is 4.14. The Morgan fingerprint density at radius 2 is 1.41 bits per heavy atom. The summed E-state index contributed by atoms with van der Waals surface area (Å²) in [6.07, 6.45) is 3.59. The van der Waals surface area contributed by atoms with Crippen LogP contribution in [-0.2, 0) is 13.1 Å². The summed E-state index contributed by atoms with van der Waals surface area (Å²) in [5.41, 5.74) is 2.24. The normalized spacial score (nSPS) is 10.4. The molecular formula is C20H25N7. The van der Waals surface area contributed by atoms with Gasteiger partial charge in [-0.15, -0.1) is 0 Å². The highest BCUT2D eigenvalue weighted by molar-refractivity contribution is 5.44. The van der Waals surface area contributed by atoms with Crippen molar-refractivity contribution < 1.29 is 0 Å². The van der Waals surface area contributed by atoms with Gasteiger partial charge in [-0.2, -0.15) is 15.0 Å². The molecule has 2 heterocycles. The molecule has 3 aromatic rings. The molecule has 0 aliphatic rings. The monoisotopic (exact) mass is 363 g/mol. The van der Waals surface area contributed by atoms with Crippen LogP contribution in [0.4, 0.5) is 17.8 Å². The molecule has 0 spiro atoms. The highest BCUT2D eigenvalue weighted by Crippen LogP contribution is 2.15. The number of nitrogens with zero attached hydrogens (tertiary/aromatic N) is 5. The highest BCUT2D eigenvalue weighted by Gasteiger charge is 2.11. The van der Waals surface area contributed by atoms with E-state index in [9.17, 15) is 0 Å². The third kappa shape index (κ3) is 5.37. The van der Waals surface area contributed by atoms with E-state index < -0.39 is 0 Å². The predicted molar refractivity (Wildman–Crippen MR) is 109 cm³/mol. The first kappa shape index (κ1) is 18.6. The zero-order valence-electron chi connectivity index (χ0n) is 15.8. The zero-order valence-corrected chi connectivity index (χ0v) is 15.8. The fourth-order valence-corrected chi connectivity index (χ4v) is 2.63. The first-order chi connectivity index (χ1) is 13.3. The van der Waals surface area contributed by atoms with Crippen molar-refractivity contribution in [1.29, 1.82) is 0 Å². The molecule has 0 saturated heterocycles. The largest absolute Gasteiger partial charge is 0.350 e. The molecule has 0 aliphatic carbocycles. The van der Waals surface area contributed by atoms with E-state index in [0.29, 0.717) is 30.9 Å². The van der Waals surface area contributed by atoms with E-state index in [-0.39, 0.29) is 0 Å². The quantitative estimate of drug-likeness (QED) is 0.603. The van der Waals surface area contributed by atoms with Crippen molar-refractivity contribution in [3.8, 4) is 0 Å². The van der Waals surface area contributed by atoms with Gasteiger partial charge < -0.3 is 15.5 Å². The molecule has 0 unspecified atom stereocenters. The lowest BCUT2D eigenvalue weighted by Crippen LogP contribution is -2.25. The Morgan fingerprint density at radius 1 is 0.778 bits per heavy atom. The smallest absolute Gasteiger partial charge is 0.231 e. The number of pyridine rings is 1. The zero-order chi connectivity index (χ0) is 18.9. The van der Waals surface area contributed by atoms with Gasteiger partial charge in [0.05, 0.1) is 0 Å². The summed E-state index contributed by atoms with van der Waals surface area (Å²) in [6, 6.07) is 14.1. The van der Waals surface area contributed by atoms with Crippen molar-refractivity contribution in [1.82, 2.24) is 19.9 Å². The van der Waals surface area contributed by atoms with Crippen LogP contribution in [0.5, 0.6) is 0 Å². The van der Waals surface area contributed by atoms with Gasteiger partial charge in [0, 0.05) is 38.6 Å². The van der Waals surface area contributed by atoms with E-state index in [2.05, 4.69) is 61.4 Å². The van der Waals surface area contributed by atoms with Crippen molar-refractivity contribution in [3.05, 3.63) is 66.0 Å². The molecule has 0 atom stereocenters. The second kappa shape index (κ2) is 9.47. The Bertz CT molecular complexity index is 758. The predicted octanol–water partition coefficient (Wildman–Crippen LogP) is 3.34. The molecule has 2 aromatic heterocycles. The van der Waals surface area contributed by atoms with E-state index in [1.165, 1.54) is 5.56 Å². The van der Waals surface area contributed by atoms with Crippen LogP contribution in [-0.4, -0.2) is 33.0 Å². The Hall–Kier alpha value is -3.22. The number of nitrogens with one attached hydrogen (secondary N) is 2. The van der Waals surface area contributed by atoms with Gasteiger partial charge >= 0.3 is 0 Å². The first-order valence-electron chi connectivity index (χ1n) is 9.20. The number of rotatable bonds is 9. The lowest BCUT2D eigenvalue weighted by Gasteiger charge is -2.20. The minimum atomic E-state index is 0.548. The molecule has 0 aliphatic heterocycles. The van der Waals surface area contributed by atoms with E-state index in [1.807, 2.05) is 36.5 Å². The molecule has 7 heteroatoms. The standard InChI is InChI=1S/C20H25N7/c1-3-27(4-2)20-25-18(22-14-16-9-6-5-7-10-16)24-19(26-20)23-15-17-11-8-12-21-13-17/h5-13H,3-4,14-15H2,1-2H3,(H2,22,23,24,25,26). The molecule has 0 radical (unpaired) electrons. The van der Waals surface area contributed by atoms with Crippen molar-refractivity contribution >= 4 is 17.8 Å². The molecule has 1 aromatic carbocycles. The van der Waals surface area contributed by atoms with Gasteiger partial charge in [0.15, 0.2) is 0 Å². The Morgan fingerprint density at radius 3 is 2.00 bits per heavy atom. The second-order valence-corrected chi connectivity index (χ2v) is 6.01. The first-order valence-corrected chi connectivity index (χ1v) is 9.20. The fraction of sp³-hybridized carbons (Fsp3) is 0.300. The third-order valence-corrected chi connectivity index (χ3v) is 4.14. The van der Waals surface area contributed by atoms with E-state index in [4.69, 9.17) is 0 Å². The van der Waals surface area contributed by atoms with Crippen molar-refractivity contribution in [3.63, 3.8) is 0 Å². The summed E-state index contributed by atoms with van der Waals surface area (Å²) in [5.74, 6) is 1.77. The molecule has 2 N–H and O–H groups in total. The van der Waals surface area contributed by atoms with Crippen LogP contribution in [0, 0.1) is 0 Å². The molecular weight excluding hydrogens is 338 g/mol. The van der Waals surface area contributed by atoms with Crippen LogP contribution in [0.3, 0.4) is 0 Å². The minimum absolute atomic E-state index is 0.548. The Balaban J connectivity index is 1.77. The molecule has 0 bridgehead atoms. The lowest BCUT2D eigenvalue weighted by molar-refractivity contribution is 0.810.